The third-order valence-corrected chi connectivity index (χ3v) is 4.48. The first kappa shape index (κ1) is 14.6. The molecular formula is C15H9Cl3FNO. The second-order valence-corrected chi connectivity index (χ2v) is 6.04. The van der Waals surface area contributed by atoms with Crippen LogP contribution in [-0.4, -0.2) is 5.91 Å². The van der Waals surface area contributed by atoms with Crippen molar-refractivity contribution in [1.82, 2.24) is 0 Å². The molecule has 0 saturated carbocycles. The Hall–Kier alpha value is -1.29. The molecule has 1 atom stereocenters. The number of anilines is 1. The highest BCUT2D eigenvalue weighted by atomic mass is 35.5. The van der Waals surface area contributed by atoms with Gasteiger partial charge in [0, 0.05) is 10.7 Å². The average molecular weight is 345 g/mol. The van der Waals surface area contributed by atoms with Gasteiger partial charge >= 0.3 is 0 Å². The Morgan fingerprint density at radius 2 is 1.90 bits per heavy atom. The fourth-order valence-corrected chi connectivity index (χ4v) is 3.07. The molecule has 21 heavy (non-hydrogen) atoms. The van der Waals surface area contributed by atoms with Crippen LogP contribution < -0.4 is 5.32 Å². The van der Waals surface area contributed by atoms with Gasteiger partial charge in [-0.3, -0.25) is 4.79 Å². The van der Waals surface area contributed by atoms with Crippen LogP contribution in [-0.2, 0) is 11.2 Å². The predicted octanol–water partition coefficient (Wildman–Crippen LogP) is 4.96. The summed E-state index contributed by atoms with van der Waals surface area (Å²) < 4.78 is 13.5. The highest BCUT2D eigenvalue weighted by Gasteiger charge is 2.23. The molecular weight excluding hydrogens is 336 g/mol. The van der Waals surface area contributed by atoms with Crippen molar-refractivity contribution in [3.05, 3.63) is 62.9 Å². The number of carbonyl (C=O) groups excluding carboxylic acids is 1. The van der Waals surface area contributed by atoms with Gasteiger partial charge in [0.25, 0.3) is 0 Å². The summed E-state index contributed by atoms with van der Waals surface area (Å²) in [5.41, 5.74) is 2.72. The SMILES string of the molecule is O=C1Cc2cc(C(Cl)c3ccc(Cl)c(F)c3)c(Cl)cc2N1. The molecule has 1 aliphatic rings. The van der Waals surface area contributed by atoms with Crippen LogP contribution in [0.1, 0.15) is 22.1 Å². The summed E-state index contributed by atoms with van der Waals surface area (Å²) in [4.78, 5) is 11.4. The summed E-state index contributed by atoms with van der Waals surface area (Å²) in [6.07, 6.45) is 0.290. The predicted molar refractivity (Wildman–Crippen MR) is 82.9 cm³/mol. The fraction of sp³-hybridized carbons (Fsp3) is 0.133. The number of amides is 1. The van der Waals surface area contributed by atoms with Crippen LogP contribution in [0, 0.1) is 5.82 Å². The van der Waals surface area contributed by atoms with E-state index in [1.165, 1.54) is 12.1 Å². The quantitative estimate of drug-likeness (QED) is 0.767. The van der Waals surface area contributed by atoms with E-state index in [0.717, 1.165) is 5.56 Å². The Morgan fingerprint density at radius 3 is 2.62 bits per heavy atom. The van der Waals surface area contributed by atoms with Crippen LogP contribution in [0.4, 0.5) is 10.1 Å². The summed E-state index contributed by atoms with van der Waals surface area (Å²) in [7, 11) is 0. The number of nitrogens with one attached hydrogen (secondary N) is 1. The minimum atomic E-state index is -0.620. The van der Waals surface area contributed by atoms with Gasteiger partial charge in [0.2, 0.25) is 5.91 Å². The van der Waals surface area contributed by atoms with E-state index in [-0.39, 0.29) is 17.4 Å². The molecule has 3 rings (SSSR count). The number of benzene rings is 2. The number of rotatable bonds is 2. The molecule has 0 spiro atoms. The van der Waals surface area contributed by atoms with Crippen molar-refractivity contribution in [1.29, 1.82) is 0 Å². The van der Waals surface area contributed by atoms with E-state index in [9.17, 15) is 9.18 Å². The monoisotopic (exact) mass is 343 g/mol. The summed E-state index contributed by atoms with van der Waals surface area (Å²) in [6.45, 7) is 0. The molecule has 0 fully saturated rings. The molecule has 0 radical (unpaired) electrons. The standard InChI is InChI=1S/C15H9Cl3FNO/c16-10-2-1-7(4-12(10)19)15(18)9-3-8-5-14(21)20-13(8)6-11(9)17/h1-4,6,15H,5H2,(H,20,21). The third-order valence-electron chi connectivity index (χ3n) is 3.36. The van der Waals surface area contributed by atoms with E-state index < -0.39 is 11.2 Å². The molecule has 1 amide bonds. The fourth-order valence-electron chi connectivity index (χ4n) is 2.31. The molecule has 0 bridgehead atoms. The minimum Gasteiger partial charge on any atom is -0.325 e. The van der Waals surface area contributed by atoms with Crippen molar-refractivity contribution in [3.8, 4) is 0 Å². The molecule has 1 heterocycles. The smallest absolute Gasteiger partial charge is 0.228 e. The first-order valence-electron chi connectivity index (χ1n) is 6.17. The minimum absolute atomic E-state index is 0.0393. The third kappa shape index (κ3) is 2.73. The Bertz CT molecular complexity index is 748. The molecule has 0 saturated heterocycles. The number of hydrogen-bond donors (Lipinski definition) is 1. The van der Waals surface area contributed by atoms with Gasteiger partial charge in [-0.25, -0.2) is 4.39 Å². The zero-order valence-corrected chi connectivity index (χ0v) is 12.9. The van der Waals surface area contributed by atoms with Crippen LogP contribution in [0.2, 0.25) is 10.0 Å². The molecule has 2 nitrogen and oxygen atoms in total. The molecule has 2 aromatic rings. The van der Waals surface area contributed by atoms with E-state index in [0.29, 0.717) is 21.8 Å². The maximum absolute atomic E-state index is 13.5. The average Bonchev–Trinajstić information content (AvgIpc) is 2.79. The van der Waals surface area contributed by atoms with E-state index >= 15 is 0 Å². The second kappa shape index (κ2) is 5.48. The van der Waals surface area contributed by atoms with E-state index in [1.54, 1.807) is 18.2 Å². The van der Waals surface area contributed by atoms with E-state index in [2.05, 4.69) is 5.32 Å². The molecule has 6 heteroatoms. The lowest BCUT2D eigenvalue weighted by molar-refractivity contribution is -0.115. The lowest BCUT2D eigenvalue weighted by Gasteiger charge is -2.14. The summed E-state index contributed by atoms with van der Waals surface area (Å²) in [5.74, 6) is -0.615. The van der Waals surface area contributed by atoms with Gasteiger partial charge in [0.1, 0.15) is 5.82 Å². The molecule has 0 aliphatic carbocycles. The first-order valence-corrected chi connectivity index (χ1v) is 7.36. The summed E-state index contributed by atoms with van der Waals surface area (Å²) in [6, 6.07) is 7.83. The van der Waals surface area contributed by atoms with Gasteiger partial charge in [-0.2, -0.15) is 0 Å². The molecule has 108 valence electrons. The number of halogens is 4. The van der Waals surface area contributed by atoms with Gasteiger partial charge in [-0.15, -0.1) is 11.6 Å². The highest BCUT2D eigenvalue weighted by Crippen LogP contribution is 2.38. The Labute approximate surface area is 135 Å². The summed E-state index contributed by atoms with van der Waals surface area (Å²) in [5, 5.41) is 2.56. The number of hydrogen-bond acceptors (Lipinski definition) is 1. The molecule has 1 unspecified atom stereocenters. The van der Waals surface area contributed by atoms with E-state index in [1.807, 2.05) is 0 Å². The van der Waals surface area contributed by atoms with Crippen molar-refractivity contribution in [3.63, 3.8) is 0 Å². The number of fused-ring (bicyclic) bond motifs is 1. The van der Waals surface area contributed by atoms with Crippen molar-refractivity contribution < 1.29 is 9.18 Å². The molecule has 2 aromatic carbocycles. The van der Waals surface area contributed by atoms with Crippen molar-refractivity contribution in [2.24, 2.45) is 0 Å². The maximum atomic E-state index is 13.5. The lowest BCUT2D eigenvalue weighted by Crippen LogP contribution is -2.03. The highest BCUT2D eigenvalue weighted by molar-refractivity contribution is 6.33. The maximum Gasteiger partial charge on any atom is 0.228 e. The lowest BCUT2D eigenvalue weighted by atomic mass is 10.0. The van der Waals surface area contributed by atoms with Crippen LogP contribution in [0.15, 0.2) is 30.3 Å². The van der Waals surface area contributed by atoms with Crippen molar-refractivity contribution in [2.45, 2.75) is 11.8 Å². The van der Waals surface area contributed by atoms with Crippen LogP contribution in [0.25, 0.3) is 0 Å². The van der Waals surface area contributed by atoms with Crippen LogP contribution in [0.3, 0.4) is 0 Å². The zero-order valence-electron chi connectivity index (χ0n) is 10.6. The van der Waals surface area contributed by atoms with Crippen molar-refractivity contribution >= 4 is 46.4 Å². The van der Waals surface area contributed by atoms with Crippen LogP contribution in [0.5, 0.6) is 0 Å². The Morgan fingerprint density at radius 1 is 1.14 bits per heavy atom. The zero-order chi connectivity index (χ0) is 15.1. The topological polar surface area (TPSA) is 29.1 Å². The summed E-state index contributed by atoms with van der Waals surface area (Å²) >= 11 is 18.3. The van der Waals surface area contributed by atoms with Crippen LogP contribution >= 0.6 is 34.8 Å². The van der Waals surface area contributed by atoms with Gasteiger partial charge < -0.3 is 5.32 Å². The number of alkyl halides is 1. The van der Waals surface area contributed by atoms with Crippen molar-refractivity contribution in [2.75, 3.05) is 5.32 Å². The van der Waals surface area contributed by atoms with Gasteiger partial charge in [-0.1, -0.05) is 29.3 Å². The molecule has 1 aliphatic heterocycles. The molecule has 0 aromatic heterocycles. The number of carbonyl (C=O) groups is 1. The normalized spacial score (nSPS) is 14.8. The first-order chi connectivity index (χ1) is 9.95. The van der Waals surface area contributed by atoms with Gasteiger partial charge in [0.15, 0.2) is 0 Å². The van der Waals surface area contributed by atoms with Gasteiger partial charge in [0.05, 0.1) is 16.8 Å². The largest absolute Gasteiger partial charge is 0.325 e. The Kier molecular flexibility index (Phi) is 3.82. The molecule has 1 N–H and O–H groups in total. The Balaban J connectivity index is 2.02. The second-order valence-electron chi connectivity index (χ2n) is 4.79. The van der Waals surface area contributed by atoms with Gasteiger partial charge in [-0.05, 0) is 41.0 Å². The van der Waals surface area contributed by atoms with E-state index in [4.69, 9.17) is 34.8 Å².